The van der Waals surface area contributed by atoms with Crippen molar-refractivity contribution in [3.63, 3.8) is 0 Å². The largest absolute Gasteiger partial charge is 0.481 e. The first kappa shape index (κ1) is 16.6. The third-order valence-corrected chi connectivity index (χ3v) is 5.72. The van der Waals surface area contributed by atoms with Crippen molar-refractivity contribution in [1.82, 2.24) is 14.3 Å². The minimum Gasteiger partial charge on any atom is -0.481 e. The molecule has 1 N–H and O–H groups in total. The summed E-state index contributed by atoms with van der Waals surface area (Å²) in [6.45, 7) is 2.20. The van der Waals surface area contributed by atoms with Gasteiger partial charge in [0.2, 0.25) is 0 Å². The van der Waals surface area contributed by atoms with Crippen LogP contribution < -0.4 is 0 Å². The zero-order chi connectivity index (χ0) is 17.4. The van der Waals surface area contributed by atoms with Crippen molar-refractivity contribution < 1.29 is 9.90 Å². The van der Waals surface area contributed by atoms with Crippen LogP contribution in [-0.2, 0) is 11.3 Å². The zero-order valence-electron chi connectivity index (χ0n) is 13.6. The maximum atomic E-state index is 11.3. The number of nitrogens with zero attached hydrogens (tertiary/aromatic N) is 3. The van der Waals surface area contributed by atoms with Crippen LogP contribution in [0.25, 0.3) is 16.2 Å². The van der Waals surface area contributed by atoms with E-state index in [4.69, 9.17) is 16.6 Å². The molecule has 1 atom stereocenters. The van der Waals surface area contributed by atoms with Gasteiger partial charge in [0.15, 0.2) is 4.96 Å². The maximum absolute atomic E-state index is 11.3. The van der Waals surface area contributed by atoms with Gasteiger partial charge in [0.05, 0.1) is 17.3 Å². The molecule has 3 aromatic rings. The summed E-state index contributed by atoms with van der Waals surface area (Å²) in [7, 11) is 0. The Labute approximate surface area is 154 Å². The quantitative estimate of drug-likeness (QED) is 0.748. The number of carboxylic acids is 1. The SMILES string of the molecule is O=C(O)C1CCCN(Cc2c(-c3ccc(Cl)cc3)nc3sccn23)C1. The lowest BCUT2D eigenvalue weighted by atomic mass is 9.98. The first-order valence-corrected chi connectivity index (χ1v) is 9.53. The maximum Gasteiger partial charge on any atom is 0.307 e. The summed E-state index contributed by atoms with van der Waals surface area (Å²) < 4.78 is 2.11. The highest BCUT2D eigenvalue weighted by Gasteiger charge is 2.27. The fourth-order valence-corrected chi connectivity index (χ4v) is 4.29. The van der Waals surface area contributed by atoms with E-state index in [2.05, 4.69) is 9.30 Å². The monoisotopic (exact) mass is 375 g/mol. The molecule has 0 bridgehead atoms. The molecule has 130 valence electrons. The molecule has 4 rings (SSSR count). The van der Waals surface area contributed by atoms with E-state index in [1.807, 2.05) is 35.8 Å². The minimum atomic E-state index is -0.698. The molecule has 0 amide bonds. The highest BCUT2D eigenvalue weighted by atomic mass is 35.5. The van der Waals surface area contributed by atoms with Gasteiger partial charge in [-0.2, -0.15) is 0 Å². The predicted octanol–water partition coefficient (Wildman–Crippen LogP) is 4.01. The van der Waals surface area contributed by atoms with Gasteiger partial charge < -0.3 is 5.11 Å². The number of carbonyl (C=O) groups is 1. The van der Waals surface area contributed by atoms with E-state index in [9.17, 15) is 9.90 Å². The van der Waals surface area contributed by atoms with Gasteiger partial charge in [-0.15, -0.1) is 11.3 Å². The highest BCUT2D eigenvalue weighted by Crippen LogP contribution is 2.29. The summed E-state index contributed by atoms with van der Waals surface area (Å²) in [5.74, 6) is -0.977. The molecule has 25 heavy (non-hydrogen) atoms. The van der Waals surface area contributed by atoms with Crippen LogP contribution in [0.15, 0.2) is 35.8 Å². The lowest BCUT2D eigenvalue weighted by Gasteiger charge is -2.30. The number of aromatic nitrogens is 2. The summed E-state index contributed by atoms with van der Waals surface area (Å²) in [4.78, 5) is 19.3. The molecule has 2 aromatic heterocycles. The van der Waals surface area contributed by atoms with Crippen molar-refractivity contribution >= 4 is 33.9 Å². The van der Waals surface area contributed by atoms with Crippen LogP contribution in [0.4, 0.5) is 0 Å². The van der Waals surface area contributed by atoms with Crippen molar-refractivity contribution in [2.75, 3.05) is 13.1 Å². The average molecular weight is 376 g/mol. The number of thiazole rings is 1. The molecule has 1 aliphatic rings. The predicted molar refractivity (Wildman–Crippen MR) is 99.2 cm³/mol. The van der Waals surface area contributed by atoms with Crippen LogP contribution in [0.3, 0.4) is 0 Å². The van der Waals surface area contributed by atoms with E-state index in [1.165, 1.54) is 0 Å². The fourth-order valence-electron chi connectivity index (χ4n) is 3.44. The summed E-state index contributed by atoms with van der Waals surface area (Å²) in [5, 5.41) is 12.0. The number of halogens is 1. The number of aliphatic carboxylic acids is 1. The number of rotatable bonds is 4. The van der Waals surface area contributed by atoms with Gasteiger partial charge in [0.25, 0.3) is 0 Å². The second kappa shape index (κ2) is 6.78. The van der Waals surface area contributed by atoms with E-state index in [-0.39, 0.29) is 5.92 Å². The van der Waals surface area contributed by atoms with E-state index in [1.54, 1.807) is 11.3 Å². The summed E-state index contributed by atoms with van der Waals surface area (Å²) in [5.41, 5.74) is 3.08. The summed E-state index contributed by atoms with van der Waals surface area (Å²) in [6, 6.07) is 7.70. The number of imidazole rings is 1. The molecule has 1 fully saturated rings. The average Bonchev–Trinajstić information content (AvgIpc) is 3.19. The molecule has 0 spiro atoms. The Balaban J connectivity index is 1.68. The Morgan fingerprint density at radius 3 is 2.92 bits per heavy atom. The molecule has 1 saturated heterocycles. The second-order valence-electron chi connectivity index (χ2n) is 6.38. The Hall–Kier alpha value is -1.89. The summed E-state index contributed by atoms with van der Waals surface area (Å²) in [6.07, 6.45) is 3.70. The Bertz CT molecular complexity index is 903. The van der Waals surface area contributed by atoms with E-state index < -0.39 is 5.97 Å². The Kier molecular flexibility index (Phi) is 4.50. The number of benzene rings is 1. The Morgan fingerprint density at radius 1 is 1.36 bits per heavy atom. The normalized spacial score (nSPS) is 18.7. The lowest BCUT2D eigenvalue weighted by molar-refractivity contribution is -0.143. The van der Waals surface area contributed by atoms with Gasteiger partial charge in [-0.3, -0.25) is 14.1 Å². The van der Waals surface area contributed by atoms with Crippen LogP contribution >= 0.6 is 22.9 Å². The molecule has 1 unspecified atom stereocenters. The fraction of sp³-hybridized carbons (Fsp3) is 0.333. The van der Waals surface area contributed by atoms with Gasteiger partial charge in [0.1, 0.15) is 0 Å². The smallest absolute Gasteiger partial charge is 0.307 e. The van der Waals surface area contributed by atoms with Crippen molar-refractivity contribution in [1.29, 1.82) is 0 Å². The van der Waals surface area contributed by atoms with E-state index in [0.717, 1.165) is 41.3 Å². The lowest BCUT2D eigenvalue weighted by Crippen LogP contribution is -2.38. The van der Waals surface area contributed by atoms with Gasteiger partial charge >= 0.3 is 5.97 Å². The molecular weight excluding hydrogens is 358 g/mol. The van der Waals surface area contributed by atoms with E-state index in [0.29, 0.717) is 18.1 Å². The topological polar surface area (TPSA) is 57.8 Å². The molecule has 5 nitrogen and oxygen atoms in total. The van der Waals surface area contributed by atoms with Crippen LogP contribution in [-0.4, -0.2) is 38.4 Å². The molecular formula is C18H18ClN3O2S. The molecule has 1 aromatic carbocycles. The third kappa shape index (κ3) is 3.29. The Morgan fingerprint density at radius 2 is 2.16 bits per heavy atom. The first-order chi connectivity index (χ1) is 12.1. The van der Waals surface area contributed by atoms with Crippen LogP contribution in [0, 0.1) is 5.92 Å². The second-order valence-corrected chi connectivity index (χ2v) is 7.69. The molecule has 7 heteroatoms. The van der Waals surface area contributed by atoms with Gasteiger partial charge in [-0.05, 0) is 31.5 Å². The van der Waals surface area contributed by atoms with Gasteiger partial charge in [0, 0.05) is 35.3 Å². The number of carboxylic acid groups (broad SMARTS) is 1. The molecule has 0 aliphatic carbocycles. The zero-order valence-corrected chi connectivity index (χ0v) is 15.1. The third-order valence-electron chi connectivity index (χ3n) is 4.71. The molecule has 0 radical (unpaired) electrons. The van der Waals surface area contributed by atoms with Crippen LogP contribution in [0.2, 0.25) is 5.02 Å². The highest BCUT2D eigenvalue weighted by molar-refractivity contribution is 7.15. The first-order valence-electron chi connectivity index (χ1n) is 8.27. The van der Waals surface area contributed by atoms with Crippen molar-refractivity contribution in [2.45, 2.75) is 19.4 Å². The van der Waals surface area contributed by atoms with Crippen molar-refractivity contribution in [3.8, 4) is 11.3 Å². The number of likely N-dealkylation sites (tertiary alicyclic amines) is 1. The number of hydrogen-bond acceptors (Lipinski definition) is 4. The molecule has 0 saturated carbocycles. The van der Waals surface area contributed by atoms with Crippen LogP contribution in [0.5, 0.6) is 0 Å². The number of hydrogen-bond donors (Lipinski definition) is 1. The summed E-state index contributed by atoms with van der Waals surface area (Å²) >= 11 is 7.61. The van der Waals surface area contributed by atoms with Crippen molar-refractivity contribution in [3.05, 3.63) is 46.6 Å². The molecule has 3 heterocycles. The molecule has 1 aliphatic heterocycles. The van der Waals surface area contributed by atoms with E-state index >= 15 is 0 Å². The minimum absolute atomic E-state index is 0.279. The number of piperidine rings is 1. The van der Waals surface area contributed by atoms with Gasteiger partial charge in [-0.25, -0.2) is 4.98 Å². The van der Waals surface area contributed by atoms with Gasteiger partial charge in [-0.1, -0.05) is 23.7 Å². The standard InChI is InChI=1S/C18H18ClN3O2S/c19-14-5-3-12(4-6-14)16-15(22-8-9-25-18(22)20-16)11-21-7-1-2-13(10-21)17(23)24/h3-6,8-9,13H,1-2,7,10-11H2,(H,23,24). The van der Waals surface area contributed by atoms with Crippen molar-refractivity contribution in [2.24, 2.45) is 5.92 Å². The number of fused-ring (bicyclic) bond motifs is 1. The van der Waals surface area contributed by atoms with Crippen LogP contribution in [0.1, 0.15) is 18.5 Å².